The number of hydrogen-bond acceptors (Lipinski definition) is 1. The predicted molar refractivity (Wildman–Crippen MR) is 63.7 cm³/mol. The van der Waals surface area contributed by atoms with Crippen molar-refractivity contribution < 1.29 is 0 Å². The molecule has 1 aromatic carbocycles. The number of benzene rings is 1. The summed E-state index contributed by atoms with van der Waals surface area (Å²) in [6, 6.07) is 6.58. The number of hydrogen-bond donors (Lipinski definition) is 1. The zero-order chi connectivity index (χ0) is 10.4. The normalized spacial score (nSPS) is 33.6. The van der Waals surface area contributed by atoms with E-state index in [0.29, 0.717) is 17.0 Å². The largest absolute Gasteiger partial charge is 0.313 e. The van der Waals surface area contributed by atoms with E-state index < -0.39 is 0 Å². The first-order valence-electron chi connectivity index (χ1n) is 5.43. The van der Waals surface area contributed by atoms with Crippen LogP contribution in [0.2, 0.25) is 10.0 Å². The second-order valence-electron chi connectivity index (χ2n) is 4.60. The number of halogens is 2. The van der Waals surface area contributed by atoms with Gasteiger partial charge in [0.1, 0.15) is 0 Å². The van der Waals surface area contributed by atoms with Gasteiger partial charge in [-0.25, -0.2) is 0 Å². The Hall–Kier alpha value is -0.240. The van der Waals surface area contributed by atoms with E-state index in [-0.39, 0.29) is 0 Å². The lowest BCUT2D eigenvalue weighted by atomic mass is 9.91. The molecule has 1 saturated heterocycles. The van der Waals surface area contributed by atoms with E-state index in [1.807, 2.05) is 12.1 Å². The first-order chi connectivity index (χ1) is 7.25. The lowest BCUT2D eigenvalue weighted by molar-refractivity contribution is 0.448. The summed E-state index contributed by atoms with van der Waals surface area (Å²) >= 11 is 12.3. The van der Waals surface area contributed by atoms with Gasteiger partial charge in [-0.1, -0.05) is 35.3 Å². The average molecular weight is 242 g/mol. The van der Waals surface area contributed by atoms with Crippen molar-refractivity contribution in [3.63, 3.8) is 0 Å². The van der Waals surface area contributed by atoms with E-state index >= 15 is 0 Å². The van der Waals surface area contributed by atoms with Crippen molar-refractivity contribution in [2.24, 2.45) is 5.92 Å². The molecule has 3 heteroatoms. The van der Waals surface area contributed by atoms with Crippen LogP contribution >= 0.6 is 23.2 Å². The van der Waals surface area contributed by atoms with Crippen LogP contribution in [-0.4, -0.2) is 12.6 Å². The first-order valence-corrected chi connectivity index (χ1v) is 6.18. The SMILES string of the molecule is Clc1cccc([C@H]2C[C@@H]3CN[C@H]2C3)c1Cl. The Labute approximate surface area is 99.8 Å². The summed E-state index contributed by atoms with van der Waals surface area (Å²) in [5.74, 6) is 1.41. The Morgan fingerprint density at radius 3 is 2.73 bits per heavy atom. The molecule has 1 aliphatic heterocycles. The third kappa shape index (κ3) is 1.57. The molecule has 1 aromatic rings. The topological polar surface area (TPSA) is 12.0 Å². The van der Waals surface area contributed by atoms with E-state index in [0.717, 1.165) is 10.9 Å². The summed E-state index contributed by atoms with van der Waals surface area (Å²) in [6.45, 7) is 1.18. The van der Waals surface area contributed by atoms with Gasteiger partial charge in [0.25, 0.3) is 0 Å². The molecule has 0 radical (unpaired) electrons. The Morgan fingerprint density at radius 1 is 1.20 bits per heavy atom. The molecule has 0 unspecified atom stereocenters. The van der Waals surface area contributed by atoms with E-state index in [2.05, 4.69) is 11.4 Å². The standard InChI is InChI=1S/C12H13Cl2N/c13-10-3-1-2-8(12(10)14)9-4-7-5-11(9)15-6-7/h1-3,7,9,11,15H,4-6H2/t7-,9+,11-/m0/s1. The van der Waals surface area contributed by atoms with Gasteiger partial charge in [-0.15, -0.1) is 0 Å². The maximum absolute atomic E-state index is 6.25. The molecular weight excluding hydrogens is 229 g/mol. The molecule has 1 N–H and O–H groups in total. The molecule has 80 valence electrons. The highest BCUT2D eigenvalue weighted by Gasteiger charge is 2.40. The van der Waals surface area contributed by atoms with Crippen LogP contribution in [0.15, 0.2) is 18.2 Å². The van der Waals surface area contributed by atoms with Crippen LogP contribution in [0.5, 0.6) is 0 Å². The second kappa shape index (κ2) is 3.65. The fourth-order valence-electron chi connectivity index (χ4n) is 3.00. The third-order valence-corrected chi connectivity index (χ3v) is 4.54. The maximum atomic E-state index is 6.25. The third-order valence-electron chi connectivity index (χ3n) is 3.71. The van der Waals surface area contributed by atoms with E-state index in [1.54, 1.807) is 0 Å². The lowest BCUT2D eigenvalue weighted by Gasteiger charge is -2.24. The van der Waals surface area contributed by atoms with Gasteiger partial charge in [0, 0.05) is 12.0 Å². The molecule has 0 spiro atoms. The van der Waals surface area contributed by atoms with Gasteiger partial charge in [-0.05, 0) is 36.9 Å². The predicted octanol–water partition coefficient (Wildman–Crippen LogP) is 3.46. The highest BCUT2D eigenvalue weighted by Crippen LogP contribution is 2.45. The monoisotopic (exact) mass is 241 g/mol. The molecule has 2 aliphatic rings. The molecule has 1 nitrogen and oxygen atoms in total. The van der Waals surface area contributed by atoms with Crippen LogP contribution in [0, 0.1) is 5.92 Å². The summed E-state index contributed by atoms with van der Waals surface area (Å²) in [5.41, 5.74) is 1.23. The summed E-state index contributed by atoms with van der Waals surface area (Å²) < 4.78 is 0. The minimum Gasteiger partial charge on any atom is -0.313 e. The first kappa shape index (κ1) is 9.95. The Kier molecular flexibility index (Phi) is 2.42. The smallest absolute Gasteiger partial charge is 0.0627 e. The molecule has 0 amide bonds. The van der Waals surface area contributed by atoms with Gasteiger partial charge in [-0.3, -0.25) is 0 Å². The van der Waals surface area contributed by atoms with Crippen molar-refractivity contribution in [1.29, 1.82) is 0 Å². The van der Waals surface area contributed by atoms with Crippen LogP contribution in [0.1, 0.15) is 24.3 Å². The van der Waals surface area contributed by atoms with E-state index in [4.69, 9.17) is 23.2 Å². The molecule has 15 heavy (non-hydrogen) atoms. The van der Waals surface area contributed by atoms with Gasteiger partial charge in [0.05, 0.1) is 10.0 Å². The molecule has 1 saturated carbocycles. The average Bonchev–Trinajstić information content (AvgIpc) is 2.83. The summed E-state index contributed by atoms with van der Waals surface area (Å²) in [5, 5.41) is 4.98. The number of nitrogens with one attached hydrogen (secondary N) is 1. The van der Waals surface area contributed by atoms with Gasteiger partial charge >= 0.3 is 0 Å². The summed E-state index contributed by atoms with van der Waals surface area (Å²) in [4.78, 5) is 0. The highest BCUT2D eigenvalue weighted by atomic mass is 35.5. The molecule has 1 heterocycles. The maximum Gasteiger partial charge on any atom is 0.0627 e. The zero-order valence-corrected chi connectivity index (χ0v) is 9.85. The summed E-state index contributed by atoms with van der Waals surface area (Å²) in [6.07, 6.45) is 2.56. The Balaban J connectivity index is 1.96. The van der Waals surface area contributed by atoms with Crippen LogP contribution < -0.4 is 5.32 Å². The molecule has 1 aliphatic carbocycles. The van der Waals surface area contributed by atoms with Crippen molar-refractivity contribution in [1.82, 2.24) is 5.32 Å². The summed E-state index contributed by atoms with van der Waals surface area (Å²) in [7, 11) is 0. The molecule has 2 bridgehead atoms. The Bertz CT molecular complexity index is 391. The van der Waals surface area contributed by atoms with Crippen molar-refractivity contribution in [2.75, 3.05) is 6.54 Å². The van der Waals surface area contributed by atoms with Crippen molar-refractivity contribution in [2.45, 2.75) is 24.8 Å². The van der Waals surface area contributed by atoms with Gasteiger partial charge in [0.15, 0.2) is 0 Å². The minimum atomic E-state index is 0.565. The van der Waals surface area contributed by atoms with Crippen LogP contribution in [0.25, 0.3) is 0 Å². The van der Waals surface area contributed by atoms with Crippen molar-refractivity contribution >= 4 is 23.2 Å². The number of piperidine rings is 1. The van der Waals surface area contributed by atoms with Crippen molar-refractivity contribution in [3.05, 3.63) is 33.8 Å². The zero-order valence-electron chi connectivity index (χ0n) is 8.34. The molecule has 0 aromatic heterocycles. The Morgan fingerprint density at radius 2 is 2.07 bits per heavy atom. The molecule has 3 rings (SSSR count). The highest BCUT2D eigenvalue weighted by molar-refractivity contribution is 6.42. The fraction of sp³-hybridized carbons (Fsp3) is 0.500. The van der Waals surface area contributed by atoms with Crippen LogP contribution in [0.3, 0.4) is 0 Å². The van der Waals surface area contributed by atoms with Crippen LogP contribution in [0.4, 0.5) is 0 Å². The van der Waals surface area contributed by atoms with Gasteiger partial charge < -0.3 is 5.32 Å². The quantitative estimate of drug-likeness (QED) is 0.795. The minimum absolute atomic E-state index is 0.565. The fourth-order valence-corrected chi connectivity index (χ4v) is 3.45. The van der Waals surface area contributed by atoms with Gasteiger partial charge in [-0.2, -0.15) is 0 Å². The van der Waals surface area contributed by atoms with E-state index in [9.17, 15) is 0 Å². The molecule has 2 fully saturated rings. The number of rotatable bonds is 1. The van der Waals surface area contributed by atoms with Crippen molar-refractivity contribution in [3.8, 4) is 0 Å². The van der Waals surface area contributed by atoms with E-state index in [1.165, 1.54) is 24.9 Å². The lowest BCUT2D eigenvalue weighted by Crippen LogP contribution is -2.31. The van der Waals surface area contributed by atoms with Crippen LogP contribution in [-0.2, 0) is 0 Å². The molecular formula is C12H13Cl2N. The molecule has 3 atom stereocenters. The number of fused-ring (bicyclic) bond motifs is 2. The second-order valence-corrected chi connectivity index (χ2v) is 5.39. The van der Waals surface area contributed by atoms with Gasteiger partial charge in [0.2, 0.25) is 0 Å².